The average molecular weight is 465 g/mol. The molecular formula is C26H36N6O2. The van der Waals surface area contributed by atoms with E-state index < -0.39 is 0 Å². The third-order valence-corrected chi connectivity index (χ3v) is 7.08. The monoisotopic (exact) mass is 464 g/mol. The normalized spacial score (nSPS) is 20.4. The van der Waals surface area contributed by atoms with Gasteiger partial charge in [-0.3, -0.25) is 4.90 Å². The van der Waals surface area contributed by atoms with E-state index in [9.17, 15) is 0 Å². The highest BCUT2D eigenvalue weighted by Crippen LogP contribution is 2.31. The Morgan fingerprint density at radius 2 is 1.82 bits per heavy atom. The van der Waals surface area contributed by atoms with Crippen molar-refractivity contribution >= 4 is 22.7 Å². The van der Waals surface area contributed by atoms with Crippen molar-refractivity contribution in [1.82, 2.24) is 19.8 Å². The number of aromatic nitrogens is 2. The van der Waals surface area contributed by atoms with E-state index in [0.29, 0.717) is 6.04 Å². The quantitative estimate of drug-likeness (QED) is 0.677. The maximum Gasteiger partial charge on any atom is 0.227 e. The number of fused-ring (bicyclic) bond motifs is 1. The molecule has 8 nitrogen and oxygen atoms in total. The number of likely N-dealkylation sites (tertiary alicyclic amines) is 1. The van der Waals surface area contributed by atoms with Gasteiger partial charge in [-0.05, 0) is 58.0 Å². The van der Waals surface area contributed by atoms with Crippen LogP contribution in [0.1, 0.15) is 31.2 Å². The van der Waals surface area contributed by atoms with Gasteiger partial charge in [0.1, 0.15) is 11.6 Å². The number of piperazine rings is 1. The number of likely N-dealkylation sites (N-methyl/N-ethyl adjacent to an activating group) is 1. The van der Waals surface area contributed by atoms with Crippen LogP contribution in [-0.4, -0.2) is 99.0 Å². The molecule has 34 heavy (non-hydrogen) atoms. The molecule has 1 aromatic heterocycles. The number of benzene rings is 1. The molecule has 0 amide bonds. The van der Waals surface area contributed by atoms with Crippen LogP contribution in [-0.2, 0) is 4.74 Å². The van der Waals surface area contributed by atoms with E-state index in [1.54, 1.807) is 7.11 Å². The van der Waals surface area contributed by atoms with E-state index >= 15 is 0 Å². The Morgan fingerprint density at radius 3 is 2.56 bits per heavy atom. The minimum absolute atomic E-state index is 0.345. The minimum atomic E-state index is 0.345. The Morgan fingerprint density at radius 1 is 1.06 bits per heavy atom. The summed E-state index contributed by atoms with van der Waals surface area (Å²) in [6.45, 7) is 8.54. The molecule has 3 saturated heterocycles. The van der Waals surface area contributed by atoms with Crippen molar-refractivity contribution in [3.63, 3.8) is 0 Å². The number of hydrogen-bond acceptors (Lipinski definition) is 8. The summed E-state index contributed by atoms with van der Waals surface area (Å²) in [5.74, 6) is 9.14. The largest absolute Gasteiger partial charge is 0.495 e. The Kier molecular flexibility index (Phi) is 7.33. The molecule has 0 atom stereocenters. The summed E-state index contributed by atoms with van der Waals surface area (Å²) in [7, 11) is 3.87. The molecule has 0 saturated carbocycles. The summed E-state index contributed by atoms with van der Waals surface area (Å²) in [6, 6.07) is 4.46. The summed E-state index contributed by atoms with van der Waals surface area (Å²) in [5.41, 5.74) is 1.79. The van der Waals surface area contributed by atoms with Crippen molar-refractivity contribution in [3.8, 4) is 17.6 Å². The van der Waals surface area contributed by atoms with Crippen molar-refractivity contribution in [1.29, 1.82) is 0 Å². The second-order valence-electron chi connectivity index (χ2n) is 9.55. The van der Waals surface area contributed by atoms with Gasteiger partial charge in [-0.1, -0.05) is 11.8 Å². The van der Waals surface area contributed by atoms with Crippen molar-refractivity contribution < 1.29 is 9.47 Å². The van der Waals surface area contributed by atoms with Gasteiger partial charge in [0.05, 0.1) is 24.7 Å². The number of nitrogens with zero attached hydrogens (tertiary/aromatic N) is 5. The second-order valence-corrected chi connectivity index (χ2v) is 9.55. The van der Waals surface area contributed by atoms with Gasteiger partial charge in [-0.15, -0.1) is 0 Å². The number of hydrogen-bond donors (Lipinski definition) is 1. The summed E-state index contributed by atoms with van der Waals surface area (Å²) >= 11 is 0. The number of ether oxygens (including phenoxy) is 2. The van der Waals surface area contributed by atoms with Crippen molar-refractivity contribution in [2.45, 2.75) is 31.7 Å². The van der Waals surface area contributed by atoms with E-state index in [1.165, 1.54) is 12.8 Å². The minimum Gasteiger partial charge on any atom is -0.495 e. The lowest BCUT2D eigenvalue weighted by atomic mass is 10.1. The number of rotatable bonds is 5. The van der Waals surface area contributed by atoms with Crippen LogP contribution in [0.4, 0.5) is 11.8 Å². The zero-order chi connectivity index (χ0) is 23.3. The topological polar surface area (TPSA) is 66.0 Å². The average Bonchev–Trinajstić information content (AvgIpc) is 3.38. The molecule has 8 heteroatoms. The van der Waals surface area contributed by atoms with Crippen LogP contribution in [0.2, 0.25) is 0 Å². The van der Waals surface area contributed by atoms with Gasteiger partial charge in [-0.2, -0.15) is 4.98 Å². The molecule has 3 aliphatic rings. The molecular weight excluding hydrogens is 428 g/mol. The molecule has 2 aromatic rings. The maximum absolute atomic E-state index is 5.74. The SMILES string of the molecule is COc1cc2c(NC3CCOCC3)nc(N3CCN(C)CC3)nc2cc1C#CCN1CCCC1. The predicted octanol–water partition coefficient (Wildman–Crippen LogP) is 2.43. The van der Waals surface area contributed by atoms with Crippen LogP contribution in [0.25, 0.3) is 10.9 Å². The summed E-state index contributed by atoms with van der Waals surface area (Å²) in [5, 5.41) is 4.67. The number of nitrogens with one attached hydrogen (secondary N) is 1. The molecule has 0 bridgehead atoms. The lowest BCUT2D eigenvalue weighted by Crippen LogP contribution is -2.45. The van der Waals surface area contributed by atoms with Gasteiger partial charge in [0.25, 0.3) is 0 Å². The van der Waals surface area contributed by atoms with Gasteiger partial charge >= 0.3 is 0 Å². The third-order valence-electron chi connectivity index (χ3n) is 7.08. The molecule has 0 radical (unpaired) electrons. The van der Waals surface area contributed by atoms with Gasteiger partial charge < -0.3 is 24.6 Å². The fraction of sp³-hybridized carbons (Fsp3) is 0.615. The highest BCUT2D eigenvalue weighted by Gasteiger charge is 2.22. The number of anilines is 2. The van der Waals surface area contributed by atoms with E-state index in [1.807, 2.05) is 6.07 Å². The van der Waals surface area contributed by atoms with E-state index in [2.05, 4.69) is 45.0 Å². The smallest absolute Gasteiger partial charge is 0.227 e. The summed E-state index contributed by atoms with van der Waals surface area (Å²) in [4.78, 5) is 17.0. The summed E-state index contributed by atoms with van der Waals surface area (Å²) < 4.78 is 11.3. The standard InChI is InChI=1S/C26H36N6O2/c1-30-12-14-32(15-13-30)26-28-23-18-20(6-5-11-31-9-3-4-10-31)24(33-2)19-22(23)25(29-26)27-21-7-16-34-17-8-21/h18-19,21H,3-4,7-17H2,1-2H3,(H,27,28,29). The molecule has 182 valence electrons. The van der Waals surface area contributed by atoms with Crippen LogP contribution in [0.3, 0.4) is 0 Å². The highest BCUT2D eigenvalue weighted by molar-refractivity contribution is 5.93. The van der Waals surface area contributed by atoms with E-state index in [0.717, 1.165) is 106 Å². The number of methoxy groups -OCH3 is 1. The first-order chi connectivity index (χ1) is 16.7. The van der Waals surface area contributed by atoms with Gasteiger partial charge in [0.2, 0.25) is 5.95 Å². The molecule has 0 aliphatic carbocycles. The van der Waals surface area contributed by atoms with Gasteiger partial charge in [-0.25, -0.2) is 4.98 Å². The Bertz CT molecular complexity index is 1040. The van der Waals surface area contributed by atoms with Crippen molar-refractivity contribution in [2.75, 3.05) is 83.4 Å². The maximum atomic E-state index is 5.74. The fourth-order valence-corrected chi connectivity index (χ4v) is 4.89. The molecule has 3 fully saturated rings. The van der Waals surface area contributed by atoms with Gasteiger partial charge in [0, 0.05) is 50.8 Å². The predicted molar refractivity (Wildman–Crippen MR) is 136 cm³/mol. The Labute approximate surface area is 202 Å². The van der Waals surface area contributed by atoms with E-state index in [-0.39, 0.29) is 0 Å². The Hall–Kier alpha value is -2.60. The zero-order valence-electron chi connectivity index (χ0n) is 20.5. The Balaban J connectivity index is 1.50. The lowest BCUT2D eigenvalue weighted by molar-refractivity contribution is 0.0904. The molecule has 4 heterocycles. The third kappa shape index (κ3) is 5.38. The van der Waals surface area contributed by atoms with Crippen LogP contribution in [0.15, 0.2) is 12.1 Å². The molecule has 0 spiro atoms. The van der Waals surface area contributed by atoms with Crippen molar-refractivity contribution in [3.05, 3.63) is 17.7 Å². The van der Waals surface area contributed by atoms with Crippen LogP contribution in [0, 0.1) is 11.8 Å². The van der Waals surface area contributed by atoms with Gasteiger partial charge in [0.15, 0.2) is 0 Å². The van der Waals surface area contributed by atoms with Crippen LogP contribution >= 0.6 is 0 Å². The first-order valence-corrected chi connectivity index (χ1v) is 12.6. The molecule has 5 rings (SSSR count). The fourth-order valence-electron chi connectivity index (χ4n) is 4.89. The van der Waals surface area contributed by atoms with Crippen LogP contribution < -0.4 is 15.0 Å². The molecule has 1 aromatic carbocycles. The zero-order valence-corrected chi connectivity index (χ0v) is 20.5. The lowest BCUT2D eigenvalue weighted by Gasteiger charge is -2.33. The molecule has 0 unspecified atom stereocenters. The second kappa shape index (κ2) is 10.8. The van der Waals surface area contributed by atoms with Crippen LogP contribution in [0.5, 0.6) is 5.75 Å². The van der Waals surface area contributed by atoms with E-state index in [4.69, 9.17) is 19.4 Å². The summed E-state index contributed by atoms with van der Waals surface area (Å²) in [6.07, 6.45) is 4.50. The first-order valence-electron chi connectivity index (χ1n) is 12.6. The molecule has 1 N–H and O–H groups in total. The first kappa shape index (κ1) is 23.2. The molecule has 3 aliphatic heterocycles. The highest BCUT2D eigenvalue weighted by atomic mass is 16.5. The van der Waals surface area contributed by atoms with Crippen molar-refractivity contribution in [2.24, 2.45) is 0 Å².